The molecule has 1 saturated carbocycles. The molecule has 1 aliphatic rings. The van der Waals surface area contributed by atoms with E-state index in [1.54, 1.807) is 5.56 Å². The number of hydrogen-bond acceptors (Lipinski definition) is 2. The molecule has 1 aromatic heterocycles. The maximum atomic E-state index is 3.66. The average molecular weight is 223 g/mol. The lowest BCUT2D eigenvalue weighted by molar-refractivity contribution is 0.233. The number of rotatable bonds is 4. The quantitative estimate of drug-likeness (QED) is 0.818. The minimum Gasteiger partial charge on any atom is -0.310 e. The summed E-state index contributed by atoms with van der Waals surface area (Å²) < 4.78 is 0. The van der Waals surface area contributed by atoms with Crippen LogP contribution in [0.5, 0.6) is 0 Å². The van der Waals surface area contributed by atoms with Crippen LogP contribution in [0.15, 0.2) is 6.07 Å². The maximum Gasteiger partial charge on any atom is 0.0359 e. The van der Waals surface area contributed by atoms with Crippen LogP contribution >= 0.6 is 11.3 Å². The van der Waals surface area contributed by atoms with E-state index in [1.165, 1.54) is 29.0 Å². The molecule has 0 amide bonds. The third-order valence-corrected chi connectivity index (χ3v) is 4.44. The molecular formula is C13H21NS. The van der Waals surface area contributed by atoms with Gasteiger partial charge in [-0.15, -0.1) is 11.3 Å². The van der Waals surface area contributed by atoms with Crippen LogP contribution in [0.25, 0.3) is 0 Å². The molecule has 0 aliphatic heterocycles. The van der Waals surface area contributed by atoms with Gasteiger partial charge in [0.2, 0.25) is 0 Å². The zero-order valence-corrected chi connectivity index (χ0v) is 10.8. The van der Waals surface area contributed by atoms with Crippen LogP contribution in [-0.4, -0.2) is 6.54 Å². The molecule has 0 spiro atoms. The fourth-order valence-electron chi connectivity index (χ4n) is 2.48. The number of aryl methyl sites for hydroxylation is 2. The first-order valence-corrected chi connectivity index (χ1v) is 6.84. The monoisotopic (exact) mass is 223 g/mol. The molecule has 1 atom stereocenters. The summed E-state index contributed by atoms with van der Waals surface area (Å²) in [5, 5.41) is 3.66. The van der Waals surface area contributed by atoms with Gasteiger partial charge in [-0.2, -0.15) is 0 Å². The summed E-state index contributed by atoms with van der Waals surface area (Å²) in [7, 11) is 0. The molecule has 15 heavy (non-hydrogen) atoms. The zero-order valence-electron chi connectivity index (χ0n) is 9.97. The summed E-state index contributed by atoms with van der Waals surface area (Å²) in [6.07, 6.45) is 4.24. The Labute approximate surface area is 96.9 Å². The van der Waals surface area contributed by atoms with Crippen molar-refractivity contribution in [3.8, 4) is 0 Å². The molecule has 0 radical (unpaired) electrons. The van der Waals surface area contributed by atoms with Crippen LogP contribution in [0, 0.1) is 19.8 Å². The van der Waals surface area contributed by atoms with Crippen molar-refractivity contribution in [3.05, 3.63) is 21.4 Å². The Morgan fingerprint density at radius 3 is 2.60 bits per heavy atom. The second-order valence-electron chi connectivity index (χ2n) is 4.59. The van der Waals surface area contributed by atoms with E-state index in [9.17, 15) is 0 Å². The van der Waals surface area contributed by atoms with Gasteiger partial charge in [-0.25, -0.2) is 0 Å². The first-order valence-electron chi connectivity index (χ1n) is 6.02. The Hall–Kier alpha value is -0.340. The number of nitrogens with one attached hydrogen (secondary N) is 1. The number of thiophene rings is 1. The van der Waals surface area contributed by atoms with Gasteiger partial charge in [0.05, 0.1) is 0 Å². The smallest absolute Gasteiger partial charge is 0.0359 e. The van der Waals surface area contributed by atoms with Crippen LogP contribution in [0.2, 0.25) is 0 Å². The van der Waals surface area contributed by atoms with E-state index in [2.05, 4.69) is 32.2 Å². The minimum atomic E-state index is 0.619. The van der Waals surface area contributed by atoms with Crippen LogP contribution in [0.1, 0.15) is 47.5 Å². The molecule has 1 N–H and O–H groups in total. The molecule has 2 rings (SSSR count). The molecule has 1 heterocycles. The van der Waals surface area contributed by atoms with E-state index in [0.717, 1.165) is 12.5 Å². The van der Waals surface area contributed by atoms with E-state index in [1.807, 2.05) is 11.3 Å². The molecule has 2 heteroatoms. The molecule has 0 saturated heterocycles. The highest BCUT2D eigenvalue weighted by Gasteiger charge is 2.29. The lowest BCUT2D eigenvalue weighted by atomic mass is 9.77. The van der Waals surface area contributed by atoms with Crippen LogP contribution in [0.4, 0.5) is 0 Å². The van der Waals surface area contributed by atoms with Crippen molar-refractivity contribution in [1.29, 1.82) is 0 Å². The van der Waals surface area contributed by atoms with E-state index in [0.29, 0.717) is 6.04 Å². The Balaban J connectivity index is 2.19. The average Bonchev–Trinajstić information content (AvgIpc) is 2.41. The zero-order chi connectivity index (χ0) is 10.8. The summed E-state index contributed by atoms with van der Waals surface area (Å²) in [5.74, 6) is 0.887. The van der Waals surface area contributed by atoms with Gasteiger partial charge >= 0.3 is 0 Å². The van der Waals surface area contributed by atoms with E-state index < -0.39 is 0 Å². The lowest BCUT2D eigenvalue weighted by Gasteiger charge is -2.34. The van der Waals surface area contributed by atoms with Crippen LogP contribution < -0.4 is 5.32 Å². The lowest BCUT2D eigenvalue weighted by Crippen LogP contribution is -2.32. The normalized spacial score (nSPS) is 18.9. The molecule has 0 aromatic carbocycles. The first-order chi connectivity index (χ1) is 7.22. The van der Waals surface area contributed by atoms with Gasteiger partial charge < -0.3 is 5.32 Å². The molecule has 1 aromatic rings. The highest BCUT2D eigenvalue weighted by Crippen LogP contribution is 2.40. The first kappa shape index (κ1) is 11.2. The predicted molar refractivity (Wildman–Crippen MR) is 67.6 cm³/mol. The van der Waals surface area contributed by atoms with E-state index in [-0.39, 0.29) is 0 Å². The minimum absolute atomic E-state index is 0.619. The summed E-state index contributed by atoms with van der Waals surface area (Å²) in [5.41, 5.74) is 1.56. The Bertz CT molecular complexity index is 325. The highest BCUT2D eigenvalue weighted by molar-refractivity contribution is 7.12. The van der Waals surface area contributed by atoms with Gasteiger partial charge in [-0.3, -0.25) is 0 Å². The third kappa shape index (κ3) is 2.26. The second kappa shape index (κ2) is 4.67. The van der Waals surface area contributed by atoms with Crippen molar-refractivity contribution in [2.75, 3.05) is 6.54 Å². The second-order valence-corrected chi connectivity index (χ2v) is 6.06. The van der Waals surface area contributed by atoms with Crippen molar-refractivity contribution in [1.82, 2.24) is 5.32 Å². The maximum absolute atomic E-state index is 3.66. The highest BCUT2D eigenvalue weighted by atomic mass is 32.1. The Morgan fingerprint density at radius 1 is 1.47 bits per heavy atom. The summed E-state index contributed by atoms with van der Waals surface area (Å²) in [6.45, 7) is 7.76. The van der Waals surface area contributed by atoms with Gasteiger partial charge in [-0.1, -0.05) is 13.3 Å². The standard InChI is InChI=1S/C13H21NS/c1-4-14-13(11-6-5-7-11)12-8-9(2)15-10(12)3/h8,11,13-14H,4-7H2,1-3H3. The Kier molecular flexibility index (Phi) is 3.47. The van der Waals surface area contributed by atoms with E-state index in [4.69, 9.17) is 0 Å². The summed E-state index contributed by atoms with van der Waals surface area (Å²) in [6, 6.07) is 3.00. The molecular weight excluding hydrogens is 202 g/mol. The molecule has 84 valence electrons. The topological polar surface area (TPSA) is 12.0 Å². The molecule has 1 fully saturated rings. The fraction of sp³-hybridized carbons (Fsp3) is 0.692. The molecule has 1 nitrogen and oxygen atoms in total. The van der Waals surface area contributed by atoms with Crippen molar-refractivity contribution in [3.63, 3.8) is 0 Å². The van der Waals surface area contributed by atoms with Crippen molar-refractivity contribution >= 4 is 11.3 Å². The Morgan fingerprint density at radius 2 is 2.20 bits per heavy atom. The summed E-state index contributed by atoms with van der Waals surface area (Å²) >= 11 is 1.94. The SMILES string of the molecule is CCNC(c1cc(C)sc1C)C1CCC1. The summed E-state index contributed by atoms with van der Waals surface area (Å²) in [4.78, 5) is 2.95. The molecule has 1 unspecified atom stereocenters. The van der Waals surface area contributed by atoms with Gasteiger partial charge in [0.15, 0.2) is 0 Å². The van der Waals surface area contributed by atoms with Gasteiger partial charge in [-0.05, 0) is 50.8 Å². The molecule has 1 aliphatic carbocycles. The largest absolute Gasteiger partial charge is 0.310 e. The predicted octanol–water partition coefficient (Wildman–Crippen LogP) is 3.82. The van der Waals surface area contributed by atoms with Gasteiger partial charge in [0, 0.05) is 15.8 Å². The fourth-order valence-corrected chi connectivity index (χ4v) is 3.46. The van der Waals surface area contributed by atoms with Gasteiger partial charge in [0.25, 0.3) is 0 Å². The number of hydrogen-bond donors (Lipinski definition) is 1. The molecule has 0 bridgehead atoms. The van der Waals surface area contributed by atoms with Crippen LogP contribution in [-0.2, 0) is 0 Å². The van der Waals surface area contributed by atoms with Crippen molar-refractivity contribution in [2.24, 2.45) is 5.92 Å². The van der Waals surface area contributed by atoms with Gasteiger partial charge in [0.1, 0.15) is 0 Å². The van der Waals surface area contributed by atoms with E-state index >= 15 is 0 Å². The van der Waals surface area contributed by atoms with Crippen molar-refractivity contribution in [2.45, 2.75) is 46.1 Å². The van der Waals surface area contributed by atoms with Crippen LogP contribution in [0.3, 0.4) is 0 Å². The third-order valence-electron chi connectivity index (χ3n) is 3.46. The van der Waals surface area contributed by atoms with Crippen molar-refractivity contribution < 1.29 is 0 Å².